The van der Waals surface area contributed by atoms with Crippen LogP contribution in [0.5, 0.6) is 0 Å². The molecule has 3 aromatic heterocycles. The number of benzene rings is 1. The van der Waals surface area contributed by atoms with Gasteiger partial charge in [-0.3, -0.25) is 0 Å². The summed E-state index contributed by atoms with van der Waals surface area (Å²) in [7, 11) is 0. The van der Waals surface area contributed by atoms with Crippen LogP contribution in [0.3, 0.4) is 0 Å². The minimum Gasteiger partial charge on any atom is -0.326 e. The van der Waals surface area contributed by atoms with Crippen LogP contribution in [0.25, 0.3) is 11.2 Å². The van der Waals surface area contributed by atoms with Gasteiger partial charge >= 0.3 is 0 Å². The molecule has 2 N–H and O–H groups in total. The van der Waals surface area contributed by atoms with Gasteiger partial charge in [-0.1, -0.05) is 12.1 Å². The highest BCUT2D eigenvalue weighted by atomic mass is 15.1. The van der Waals surface area contributed by atoms with Crippen molar-refractivity contribution in [3.8, 4) is 0 Å². The lowest BCUT2D eigenvalue weighted by atomic mass is 10.0. The van der Waals surface area contributed by atoms with Crippen LogP contribution in [0.15, 0.2) is 48.9 Å². The summed E-state index contributed by atoms with van der Waals surface area (Å²) in [5.74, 6) is 0.702. The first kappa shape index (κ1) is 15.9. The van der Waals surface area contributed by atoms with E-state index in [9.17, 15) is 0 Å². The number of aryl methyl sites for hydroxylation is 3. The van der Waals surface area contributed by atoms with E-state index in [4.69, 9.17) is 0 Å². The second kappa shape index (κ2) is 6.79. The van der Waals surface area contributed by atoms with Crippen molar-refractivity contribution in [2.45, 2.75) is 32.1 Å². The molecule has 0 aliphatic heterocycles. The Morgan fingerprint density at radius 1 is 0.963 bits per heavy atom. The summed E-state index contributed by atoms with van der Waals surface area (Å²) in [5, 5.41) is 3.30. The van der Waals surface area contributed by atoms with Crippen molar-refractivity contribution in [3.63, 3.8) is 0 Å². The van der Waals surface area contributed by atoms with Crippen LogP contribution in [0.1, 0.15) is 28.9 Å². The minimum absolute atomic E-state index is 0.702. The molecule has 0 spiro atoms. The zero-order valence-electron chi connectivity index (χ0n) is 14.9. The summed E-state index contributed by atoms with van der Waals surface area (Å²) in [5.41, 5.74) is 7.80. The number of pyridine rings is 1. The number of hydrogen-bond acceptors (Lipinski definition) is 5. The molecule has 1 aliphatic carbocycles. The zero-order chi connectivity index (χ0) is 18.1. The van der Waals surface area contributed by atoms with Gasteiger partial charge in [-0.05, 0) is 67.5 Å². The molecule has 0 saturated heterocycles. The molecule has 6 heteroatoms. The van der Waals surface area contributed by atoms with E-state index in [0.29, 0.717) is 11.6 Å². The van der Waals surface area contributed by atoms with Crippen LogP contribution >= 0.6 is 0 Å². The number of imidazole rings is 1. The SMILES string of the molecule is c1cnc2nc(Nc3ccc(CCc4ncnc5c4CCC5)cc3)[nH]c2c1. The fraction of sp³-hybridized carbons (Fsp3) is 0.238. The molecule has 27 heavy (non-hydrogen) atoms. The quantitative estimate of drug-likeness (QED) is 0.569. The molecule has 0 saturated carbocycles. The van der Waals surface area contributed by atoms with E-state index in [1.54, 1.807) is 12.5 Å². The van der Waals surface area contributed by atoms with E-state index in [-0.39, 0.29) is 0 Å². The van der Waals surface area contributed by atoms with Crippen molar-refractivity contribution < 1.29 is 0 Å². The highest BCUT2D eigenvalue weighted by Crippen LogP contribution is 2.23. The molecule has 0 bridgehead atoms. The van der Waals surface area contributed by atoms with E-state index in [1.165, 1.54) is 28.9 Å². The van der Waals surface area contributed by atoms with Crippen LogP contribution in [0.2, 0.25) is 0 Å². The van der Waals surface area contributed by atoms with Crippen LogP contribution in [0, 0.1) is 0 Å². The summed E-state index contributed by atoms with van der Waals surface area (Å²) in [6, 6.07) is 12.3. The number of rotatable bonds is 5. The molecule has 0 fully saturated rings. The average Bonchev–Trinajstić information content (AvgIpc) is 3.34. The minimum atomic E-state index is 0.702. The fourth-order valence-corrected chi connectivity index (χ4v) is 3.70. The highest BCUT2D eigenvalue weighted by Gasteiger charge is 2.16. The second-order valence-corrected chi connectivity index (χ2v) is 6.88. The molecule has 0 unspecified atom stereocenters. The van der Waals surface area contributed by atoms with Crippen LogP contribution < -0.4 is 5.32 Å². The first-order chi connectivity index (χ1) is 13.3. The van der Waals surface area contributed by atoms with Gasteiger partial charge in [-0.2, -0.15) is 4.98 Å². The number of H-pyrrole nitrogens is 1. The molecule has 4 aromatic rings. The Hall–Kier alpha value is -3.28. The van der Waals surface area contributed by atoms with Gasteiger partial charge in [0.1, 0.15) is 6.33 Å². The van der Waals surface area contributed by atoms with Crippen molar-refractivity contribution in [1.29, 1.82) is 0 Å². The third-order valence-electron chi connectivity index (χ3n) is 5.09. The standard InChI is InChI=1S/C21H20N6/c1-3-16-17(4-1)23-13-24-18(16)11-8-14-6-9-15(10-7-14)25-21-26-19-5-2-12-22-20(19)27-21/h2,5-7,9-10,12-13H,1,3-4,8,11H2,(H2,22,25,26,27). The Bertz CT molecular complexity index is 1050. The van der Waals surface area contributed by atoms with E-state index < -0.39 is 0 Å². The smallest absolute Gasteiger partial charge is 0.207 e. The van der Waals surface area contributed by atoms with Gasteiger partial charge in [0.25, 0.3) is 0 Å². The summed E-state index contributed by atoms with van der Waals surface area (Å²) in [4.78, 5) is 20.8. The summed E-state index contributed by atoms with van der Waals surface area (Å²) in [6.45, 7) is 0. The Morgan fingerprint density at radius 3 is 2.78 bits per heavy atom. The number of nitrogens with zero attached hydrogens (tertiary/aromatic N) is 4. The van der Waals surface area contributed by atoms with E-state index in [1.807, 2.05) is 12.1 Å². The lowest BCUT2D eigenvalue weighted by molar-refractivity contribution is 0.866. The topological polar surface area (TPSA) is 79.4 Å². The molecule has 3 heterocycles. The van der Waals surface area contributed by atoms with Crippen molar-refractivity contribution in [2.24, 2.45) is 0 Å². The van der Waals surface area contributed by atoms with E-state index >= 15 is 0 Å². The average molecular weight is 356 g/mol. The fourth-order valence-electron chi connectivity index (χ4n) is 3.70. The molecule has 134 valence electrons. The van der Waals surface area contributed by atoms with Gasteiger partial charge in [-0.15, -0.1) is 0 Å². The molecular formula is C21H20N6. The van der Waals surface area contributed by atoms with Gasteiger partial charge in [0, 0.05) is 23.3 Å². The normalized spacial score (nSPS) is 13.0. The molecule has 0 amide bonds. The largest absolute Gasteiger partial charge is 0.326 e. The first-order valence-corrected chi connectivity index (χ1v) is 9.33. The van der Waals surface area contributed by atoms with E-state index in [0.717, 1.165) is 36.9 Å². The van der Waals surface area contributed by atoms with Gasteiger partial charge < -0.3 is 10.3 Å². The summed E-state index contributed by atoms with van der Waals surface area (Å²) in [6.07, 6.45) is 8.84. The molecular weight excluding hydrogens is 336 g/mol. The molecule has 6 nitrogen and oxygen atoms in total. The number of anilines is 2. The third-order valence-corrected chi connectivity index (χ3v) is 5.09. The summed E-state index contributed by atoms with van der Waals surface area (Å²) < 4.78 is 0. The van der Waals surface area contributed by atoms with Gasteiger partial charge in [0.2, 0.25) is 5.95 Å². The number of hydrogen-bond donors (Lipinski definition) is 2. The lowest BCUT2D eigenvalue weighted by Gasteiger charge is -2.08. The number of fused-ring (bicyclic) bond motifs is 2. The zero-order valence-corrected chi connectivity index (χ0v) is 14.9. The maximum absolute atomic E-state index is 4.52. The van der Waals surface area contributed by atoms with Crippen molar-refractivity contribution in [2.75, 3.05) is 5.32 Å². The number of aromatic amines is 1. The first-order valence-electron chi connectivity index (χ1n) is 9.33. The third kappa shape index (κ3) is 3.26. The molecule has 0 atom stereocenters. The van der Waals surface area contributed by atoms with Gasteiger partial charge in [0.15, 0.2) is 5.65 Å². The Labute approximate surface area is 157 Å². The predicted octanol–water partition coefficient (Wildman–Crippen LogP) is 3.77. The van der Waals surface area contributed by atoms with Crippen molar-refractivity contribution >= 4 is 22.8 Å². The Morgan fingerprint density at radius 2 is 1.89 bits per heavy atom. The number of nitrogens with one attached hydrogen (secondary N) is 2. The maximum atomic E-state index is 4.52. The van der Waals surface area contributed by atoms with Gasteiger partial charge in [0.05, 0.1) is 5.52 Å². The lowest BCUT2D eigenvalue weighted by Crippen LogP contribution is -2.02. The maximum Gasteiger partial charge on any atom is 0.207 e. The van der Waals surface area contributed by atoms with Gasteiger partial charge in [-0.25, -0.2) is 15.0 Å². The molecule has 0 radical (unpaired) electrons. The van der Waals surface area contributed by atoms with Crippen molar-refractivity contribution in [3.05, 3.63) is 71.4 Å². The van der Waals surface area contributed by atoms with Crippen LogP contribution in [-0.2, 0) is 25.7 Å². The Kier molecular flexibility index (Phi) is 4.01. The van der Waals surface area contributed by atoms with Crippen molar-refractivity contribution in [1.82, 2.24) is 24.9 Å². The highest BCUT2D eigenvalue weighted by molar-refractivity contribution is 5.74. The molecule has 1 aromatic carbocycles. The summed E-state index contributed by atoms with van der Waals surface area (Å²) >= 11 is 0. The van der Waals surface area contributed by atoms with Crippen LogP contribution in [0.4, 0.5) is 11.6 Å². The monoisotopic (exact) mass is 356 g/mol. The predicted molar refractivity (Wildman–Crippen MR) is 105 cm³/mol. The number of aromatic nitrogens is 5. The Balaban J connectivity index is 1.26. The van der Waals surface area contributed by atoms with E-state index in [2.05, 4.69) is 54.5 Å². The van der Waals surface area contributed by atoms with Crippen LogP contribution in [-0.4, -0.2) is 24.9 Å². The molecule has 1 aliphatic rings. The second-order valence-electron chi connectivity index (χ2n) is 6.88. The molecule has 5 rings (SSSR count).